The highest BCUT2D eigenvalue weighted by Crippen LogP contribution is 2.43. The minimum Gasteiger partial charge on any atom is -0.374 e. The van der Waals surface area contributed by atoms with Crippen LogP contribution in [0.2, 0.25) is 0 Å². The Morgan fingerprint density at radius 2 is 0.588 bits per heavy atom. The topological polar surface area (TPSA) is 170 Å². The van der Waals surface area contributed by atoms with Gasteiger partial charge in [-0.1, -0.05) is 218 Å². The average molecular weight is 1140 g/mol. The molecule has 8 aromatic carbocycles. The van der Waals surface area contributed by atoms with Gasteiger partial charge < -0.3 is 42.6 Å². The number of rotatable bonds is 26. The summed E-state index contributed by atoms with van der Waals surface area (Å²) in [6.45, 7) is 1.44. The summed E-state index contributed by atoms with van der Waals surface area (Å²) in [4.78, 5) is 0. The van der Waals surface area contributed by atoms with Crippen LogP contribution in [0, 0.1) is 0 Å². The number of hydrogen-bond acceptors (Lipinski definition) is 15. The van der Waals surface area contributed by atoms with Gasteiger partial charge in [-0.15, -0.1) is 10.2 Å². The first kappa shape index (κ1) is 57.0. The summed E-state index contributed by atoms with van der Waals surface area (Å²) in [5, 5.41) is 27.3. The molecule has 17 heteroatoms. The molecule has 2 fully saturated rings. The maximum Gasteiger partial charge on any atom is 0.189 e. The van der Waals surface area contributed by atoms with E-state index in [0.29, 0.717) is 24.9 Å². The summed E-state index contributed by atoms with van der Waals surface area (Å²) < 4.78 is 68.3. The highest BCUT2D eigenvalue weighted by atomic mass is 16.8. The van der Waals surface area contributed by atoms with Gasteiger partial charge in [-0.05, 0) is 78.5 Å². The van der Waals surface area contributed by atoms with E-state index in [1.54, 1.807) is 9.36 Å². The van der Waals surface area contributed by atoms with Gasteiger partial charge in [0, 0.05) is 0 Å². The van der Waals surface area contributed by atoms with Crippen LogP contribution in [-0.2, 0) is 82.3 Å². The zero-order valence-electron chi connectivity index (χ0n) is 46.8. The molecule has 0 unspecified atom stereocenters. The Balaban J connectivity index is 0.990. The molecule has 17 nitrogen and oxygen atoms in total. The van der Waals surface area contributed by atoms with Crippen LogP contribution in [0.3, 0.4) is 0 Å². The lowest BCUT2D eigenvalue weighted by molar-refractivity contribution is -0.377. The third-order valence-electron chi connectivity index (χ3n) is 15.1. The number of ether oxygens (including phenoxy) is 9. The van der Waals surface area contributed by atoms with Crippen molar-refractivity contribution in [2.24, 2.45) is 0 Å². The van der Waals surface area contributed by atoms with Crippen LogP contribution in [0.1, 0.15) is 56.9 Å². The molecule has 85 heavy (non-hydrogen) atoms. The number of para-hydroxylation sites is 2. The highest BCUT2D eigenvalue weighted by Gasteiger charge is 2.56. The van der Waals surface area contributed by atoms with E-state index >= 15 is 0 Å². The lowest BCUT2D eigenvalue weighted by Crippen LogP contribution is -2.62. The molecule has 0 N–H and O–H groups in total. The molecule has 4 heterocycles. The molecule has 10 atom stereocenters. The smallest absolute Gasteiger partial charge is 0.189 e. The normalized spacial score (nSPS) is 22.3. The second kappa shape index (κ2) is 28.9. The van der Waals surface area contributed by atoms with E-state index in [-0.39, 0.29) is 39.6 Å². The van der Waals surface area contributed by atoms with Crippen LogP contribution in [0.5, 0.6) is 0 Å². The Hall–Kier alpha value is -8.46. The van der Waals surface area contributed by atoms with Crippen LogP contribution in [-0.4, -0.2) is 103 Å². The van der Waals surface area contributed by atoms with Gasteiger partial charge in [-0.2, -0.15) is 9.36 Å². The molecular formula is C68H66N8O9. The maximum absolute atomic E-state index is 7.57. The van der Waals surface area contributed by atoms with Gasteiger partial charge >= 0.3 is 0 Å². The second-order valence-corrected chi connectivity index (χ2v) is 20.9. The van der Waals surface area contributed by atoms with Crippen LogP contribution < -0.4 is 0 Å². The fraction of sp³-hybridized carbons (Fsp3) is 0.265. The molecule has 10 aromatic rings. The minimum absolute atomic E-state index is 0.0696. The van der Waals surface area contributed by atoms with Crippen molar-refractivity contribution in [2.45, 2.75) is 101 Å². The first-order valence-corrected chi connectivity index (χ1v) is 28.7. The fourth-order valence-corrected chi connectivity index (χ4v) is 10.9. The van der Waals surface area contributed by atoms with Crippen LogP contribution in [0.4, 0.5) is 0 Å². The van der Waals surface area contributed by atoms with Crippen molar-refractivity contribution in [3.05, 3.63) is 288 Å². The molecule has 0 spiro atoms. The Labute approximate surface area is 493 Å². The molecule has 0 aliphatic carbocycles. The van der Waals surface area contributed by atoms with Gasteiger partial charge in [-0.25, -0.2) is 0 Å². The van der Waals surface area contributed by atoms with Gasteiger partial charge in [0.2, 0.25) is 0 Å². The first-order valence-electron chi connectivity index (χ1n) is 28.7. The Bertz CT molecular complexity index is 3290. The van der Waals surface area contributed by atoms with Crippen molar-refractivity contribution in [1.82, 2.24) is 40.4 Å². The predicted molar refractivity (Wildman–Crippen MR) is 314 cm³/mol. The third kappa shape index (κ3) is 14.6. The van der Waals surface area contributed by atoms with E-state index in [4.69, 9.17) is 52.8 Å². The number of hydrogen-bond donors (Lipinski definition) is 0. The Kier molecular flexibility index (Phi) is 19.4. The number of aromatic nitrogens is 8. The SMILES string of the molecule is c1ccc(COC[C@H]2O[C@H](O[C@H]3O[C@H](COCc4ccccc4)[C@H](c4nnnn4-c4ccccc4)[C@H](OCc4ccccc4)[C@H]3OCc3ccccc3)[C@H](OCc3ccccc3)[C@@H](OCc3ccccc3)[C@H]2c2nnnn2-c2ccccc2)cc1. The molecule has 432 valence electrons. The zero-order chi connectivity index (χ0) is 57.2. The van der Waals surface area contributed by atoms with E-state index in [2.05, 4.69) is 20.9 Å². The molecule has 2 aliphatic rings. The zero-order valence-corrected chi connectivity index (χ0v) is 46.8. The van der Waals surface area contributed by atoms with Crippen molar-refractivity contribution in [1.29, 1.82) is 0 Å². The van der Waals surface area contributed by atoms with Crippen LogP contribution in [0.15, 0.2) is 243 Å². The van der Waals surface area contributed by atoms with E-state index < -0.39 is 61.0 Å². The van der Waals surface area contributed by atoms with Crippen molar-refractivity contribution >= 4 is 0 Å². The van der Waals surface area contributed by atoms with E-state index in [1.165, 1.54) is 0 Å². The molecule has 0 bridgehead atoms. The van der Waals surface area contributed by atoms with Crippen LogP contribution in [0.25, 0.3) is 11.4 Å². The summed E-state index contributed by atoms with van der Waals surface area (Å²) in [5.41, 5.74) is 7.19. The van der Waals surface area contributed by atoms with Crippen molar-refractivity contribution in [2.75, 3.05) is 13.2 Å². The Morgan fingerprint density at radius 1 is 0.318 bits per heavy atom. The molecule has 12 rings (SSSR count). The van der Waals surface area contributed by atoms with Crippen LogP contribution >= 0.6 is 0 Å². The molecule has 0 amide bonds. The van der Waals surface area contributed by atoms with Crippen molar-refractivity contribution in [3.8, 4) is 11.4 Å². The summed E-state index contributed by atoms with van der Waals surface area (Å²) in [5.74, 6) is -0.470. The van der Waals surface area contributed by atoms with Gasteiger partial charge in [0.15, 0.2) is 24.2 Å². The van der Waals surface area contributed by atoms with Gasteiger partial charge in [-0.3, -0.25) is 0 Å². The first-order chi connectivity index (χ1) is 42.2. The number of tetrazole rings is 2. The minimum atomic E-state index is -1.23. The maximum atomic E-state index is 7.57. The van der Waals surface area contributed by atoms with Crippen molar-refractivity contribution in [3.63, 3.8) is 0 Å². The summed E-state index contributed by atoms with van der Waals surface area (Å²) in [6, 6.07) is 79.5. The monoisotopic (exact) mass is 1140 g/mol. The van der Waals surface area contributed by atoms with E-state index in [0.717, 1.165) is 44.8 Å². The third-order valence-corrected chi connectivity index (χ3v) is 15.1. The summed E-state index contributed by atoms with van der Waals surface area (Å²) >= 11 is 0. The summed E-state index contributed by atoms with van der Waals surface area (Å²) in [6.07, 6.45) is -7.77. The second-order valence-electron chi connectivity index (χ2n) is 20.9. The molecule has 0 saturated carbocycles. The standard InChI is InChI=1S/C68H66N8O9/c1-9-25-49(26-10-1)41-77-47-57-59(65-69-71-73-75(65)55-37-21-7-22-38-55)61(79-43-51-29-13-3-14-30-51)63(81-45-53-33-17-5-18-34-53)67(83-57)85-68-64(82-46-54-35-19-6-20-36-54)62(80-44-52-31-15-4-16-32-52)60(58(84-68)48-78-42-50-27-11-2-12-28-50)66-70-72-74-76(66)56-39-23-8-24-40-56/h1-40,57-64,67-68H,41-48H2/t57-,58-,59+,60+,61+,62+,63-,64-,67-,68-/m1/s1. The van der Waals surface area contributed by atoms with E-state index in [1.807, 2.05) is 243 Å². The summed E-state index contributed by atoms with van der Waals surface area (Å²) in [7, 11) is 0. The Morgan fingerprint density at radius 3 is 0.894 bits per heavy atom. The van der Waals surface area contributed by atoms with Crippen molar-refractivity contribution < 1.29 is 42.6 Å². The molecule has 2 aromatic heterocycles. The van der Waals surface area contributed by atoms with Gasteiger partial charge in [0.25, 0.3) is 0 Å². The molecular weight excluding hydrogens is 1070 g/mol. The quantitative estimate of drug-likeness (QED) is 0.0501. The molecule has 2 aliphatic heterocycles. The highest BCUT2D eigenvalue weighted by molar-refractivity contribution is 5.34. The molecule has 0 radical (unpaired) electrons. The predicted octanol–water partition coefficient (Wildman–Crippen LogP) is 10.7. The average Bonchev–Trinajstić information content (AvgIpc) is 3.77. The lowest BCUT2D eigenvalue weighted by Gasteiger charge is -2.49. The van der Waals surface area contributed by atoms with Gasteiger partial charge in [0.1, 0.15) is 24.4 Å². The number of nitrogens with zero attached hydrogens (tertiary/aromatic N) is 8. The van der Waals surface area contributed by atoms with E-state index in [9.17, 15) is 0 Å². The van der Waals surface area contributed by atoms with Gasteiger partial charge in [0.05, 0.1) is 88.3 Å². The largest absolute Gasteiger partial charge is 0.374 e. The number of benzene rings is 8. The lowest BCUT2D eigenvalue weighted by atomic mass is 9.86. The fourth-order valence-electron chi connectivity index (χ4n) is 10.9. The molecule has 2 saturated heterocycles.